The lowest BCUT2D eigenvalue weighted by Crippen LogP contribution is -2.01. The molecule has 0 aliphatic rings. The van der Waals surface area contributed by atoms with E-state index in [1.165, 1.54) is 13.4 Å². The van der Waals surface area contributed by atoms with Crippen molar-refractivity contribution in [3.05, 3.63) is 47.4 Å². The number of carbonyl (C=O) groups is 1. The molecule has 0 saturated heterocycles. The first kappa shape index (κ1) is 15.0. The molecule has 112 valence electrons. The molecule has 0 aliphatic heterocycles. The van der Waals surface area contributed by atoms with E-state index in [0.29, 0.717) is 24.5 Å². The molecule has 1 heterocycles. The summed E-state index contributed by atoms with van der Waals surface area (Å²) in [5.74, 6) is 1.12. The highest BCUT2D eigenvalue weighted by Crippen LogP contribution is 2.22. The molecule has 0 atom stereocenters. The molecule has 1 aromatic carbocycles. The van der Waals surface area contributed by atoms with Gasteiger partial charge in [0, 0.05) is 5.69 Å². The Labute approximate surface area is 123 Å². The number of hydrogen-bond acceptors (Lipinski definition) is 5. The van der Waals surface area contributed by atoms with Gasteiger partial charge in [-0.1, -0.05) is 0 Å². The summed E-state index contributed by atoms with van der Waals surface area (Å²) in [7, 11) is 1.34. The lowest BCUT2D eigenvalue weighted by atomic mass is 10.2. The summed E-state index contributed by atoms with van der Waals surface area (Å²) in [6.45, 7) is 5.10. The molecule has 0 unspecified atom stereocenters. The van der Waals surface area contributed by atoms with Crippen LogP contribution < -0.4 is 10.1 Å². The summed E-state index contributed by atoms with van der Waals surface area (Å²) in [5, 5.41) is 3.27. The Morgan fingerprint density at radius 1 is 1.33 bits per heavy atom. The van der Waals surface area contributed by atoms with E-state index in [2.05, 4.69) is 10.1 Å². The SMILES string of the molecule is CCOc1ccc(NCc2cc(C(=O)OC)co2)c(C)c1. The number of methoxy groups -OCH3 is 1. The second-order valence-electron chi connectivity index (χ2n) is 4.56. The quantitative estimate of drug-likeness (QED) is 0.826. The molecular weight excluding hydrogens is 270 g/mol. The smallest absolute Gasteiger partial charge is 0.341 e. The van der Waals surface area contributed by atoms with Crippen LogP contribution in [0.15, 0.2) is 34.9 Å². The molecule has 0 amide bonds. The normalized spacial score (nSPS) is 10.2. The third kappa shape index (κ3) is 3.78. The molecule has 0 spiro atoms. The van der Waals surface area contributed by atoms with Gasteiger partial charge in [0.2, 0.25) is 0 Å². The number of aryl methyl sites for hydroxylation is 1. The highest BCUT2D eigenvalue weighted by Gasteiger charge is 2.10. The molecule has 5 heteroatoms. The van der Waals surface area contributed by atoms with Crippen molar-refractivity contribution in [1.82, 2.24) is 0 Å². The second kappa shape index (κ2) is 6.83. The van der Waals surface area contributed by atoms with Crippen molar-refractivity contribution < 1.29 is 18.7 Å². The minimum atomic E-state index is -0.401. The first-order chi connectivity index (χ1) is 10.1. The van der Waals surface area contributed by atoms with Crippen LogP contribution >= 0.6 is 0 Å². The van der Waals surface area contributed by atoms with E-state index in [0.717, 1.165) is 17.0 Å². The molecule has 0 radical (unpaired) electrons. The van der Waals surface area contributed by atoms with Gasteiger partial charge in [0.1, 0.15) is 17.8 Å². The molecule has 21 heavy (non-hydrogen) atoms. The third-order valence-corrected chi connectivity index (χ3v) is 3.04. The maximum absolute atomic E-state index is 11.3. The lowest BCUT2D eigenvalue weighted by Gasteiger charge is -2.10. The van der Waals surface area contributed by atoms with Crippen molar-refractivity contribution in [2.24, 2.45) is 0 Å². The van der Waals surface area contributed by atoms with Crippen molar-refractivity contribution in [1.29, 1.82) is 0 Å². The number of carbonyl (C=O) groups excluding carboxylic acids is 1. The molecular formula is C16H19NO4. The van der Waals surface area contributed by atoms with Crippen LogP contribution in [-0.4, -0.2) is 19.7 Å². The minimum Gasteiger partial charge on any atom is -0.494 e. The zero-order valence-electron chi connectivity index (χ0n) is 12.4. The Hall–Kier alpha value is -2.43. The fourth-order valence-corrected chi connectivity index (χ4v) is 1.97. The first-order valence-corrected chi connectivity index (χ1v) is 6.77. The first-order valence-electron chi connectivity index (χ1n) is 6.77. The molecule has 2 rings (SSSR count). The standard InChI is InChI=1S/C16H19NO4/c1-4-20-13-5-6-15(11(2)7-13)17-9-14-8-12(10-21-14)16(18)19-3/h5-8,10,17H,4,9H2,1-3H3. The van der Waals surface area contributed by atoms with E-state index < -0.39 is 5.97 Å². The highest BCUT2D eigenvalue weighted by molar-refractivity contribution is 5.89. The van der Waals surface area contributed by atoms with Gasteiger partial charge in [-0.2, -0.15) is 0 Å². The van der Waals surface area contributed by atoms with Crippen molar-refractivity contribution in [2.75, 3.05) is 19.0 Å². The maximum atomic E-state index is 11.3. The van der Waals surface area contributed by atoms with Crippen LogP contribution in [0.4, 0.5) is 5.69 Å². The van der Waals surface area contributed by atoms with Gasteiger partial charge in [0.25, 0.3) is 0 Å². The molecule has 0 saturated carbocycles. The average molecular weight is 289 g/mol. The van der Waals surface area contributed by atoms with Crippen LogP contribution in [0.2, 0.25) is 0 Å². The van der Waals surface area contributed by atoms with Gasteiger partial charge in [-0.05, 0) is 43.7 Å². The van der Waals surface area contributed by atoms with Crippen molar-refractivity contribution >= 4 is 11.7 Å². The average Bonchev–Trinajstić information content (AvgIpc) is 2.95. The molecule has 1 aromatic heterocycles. The Kier molecular flexibility index (Phi) is 4.87. The largest absolute Gasteiger partial charge is 0.494 e. The zero-order valence-corrected chi connectivity index (χ0v) is 12.4. The number of furan rings is 1. The van der Waals surface area contributed by atoms with Crippen LogP contribution in [0.25, 0.3) is 0 Å². The van der Waals surface area contributed by atoms with Crippen LogP contribution in [0.1, 0.15) is 28.6 Å². The number of anilines is 1. The number of nitrogens with one attached hydrogen (secondary N) is 1. The Bertz CT molecular complexity index is 618. The van der Waals surface area contributed by atoms with Gasteiger partial charge in [-0.3, -0.25) is 0 Å². The molecule has 2 aromatic rings. The molecule has 5 nitrogen and oxygen atoms in total. The summed E-state index contributed by atoms with van der Waals surface area (Å²) in [6, 6.07) is 7.53. The summed E-state index contributed by atoms with van der Waals surface area (Å²) in [5.41, 5.74) is 2.49. The number of rotatable bonds is 6. The van der Waals surface area contributed by atoms with E-state index in [4.69, 9.17) is 9.15 Å². The Morgan fingerprint density at radius 3 is 2.81 bits per heavy atom. The van der Waals surface area contributed by atoms with Crippen LogP contribution in [0.3, 0.4) is 0 Å². The fraction of sp³-hybridized carbons (Fsp3) is 0.312. The highest BCUT2D eigenvalue weighted by atomic mass is 16.5. The topological polar surface area (TPSA) is 60.7 Å². The number of ether oxygens (including phenoxy) is 2. The summed E-state index contributed by atoms with van der Waals surface area (Å²) < 4.78 is 15.4. The van der Waals surface area contributed by atoms with Gasteiger partial charge in [0.15, 0.2) is 0 Å². The van der Waals surface area contributed by atoms with Gasteiger partial charge in [-0.25, -0.2) is 4.79 Å². The monoisotopic (exact) mass is 289 g/mol. The van der Waals surface area contributed by atoms with E-state index in [1.54, 1.807) is 6.07 Å². The Morgan fingerprint density at radius 2 is 2.14 bits per heavy atom. The minimum absolute atomic E-state index is 0.401. The second-order valence-corrected chi connectivity index (χ2v) is 4.56. The molecule has 0 aliphatic carbocycles. The Balaban J connectivity index is 1.99. The zero-order chi connectivity index (χ0) is 15.2. The predicted octanol–water partition coefficient (Wildman–Crippen LogP) is 3.39. The molecule has 1 N–H and O–H groups in total. The number of esters is 1. The van der Waals surface area contributed by atoms with E-state index in [9.17, 15) is 4.79 Å². The van der Waals surface area contributed by atoms with Crippen molar-refractivity contribution in [2.45, 2.75) is 20.4 Å². The number of benzene rings is 1. The van der Waals surface area contributed by atoms with Crippen LogP contribution in [-0.2, 0) is 11.3 Å². The summed E-state index contributed by atoms with van der Waals surface area (Å²) in [6.07, 6.45) is 1.40. The fourth-order valence-electron chi connectivity index (χ4n) is 1.97. The maximum Gasteiger partial charge on any atom is 0.341 e. The summed E-state index contributed by atoms with van der Waals surface area (Å²) in [4.78, 5) is 11.3. The number of hydrogen-bond donors (Lipinski definition) is 1. The van der Waals surface area contributed by atoms with Crippen LogP contribution in [0, 0.1) is 6.92 Å². The van der Waals surface area contributed by atoms with E-state index >= 15 is 0 Å². The van der Waals surface area contributed by atoms with Gasteiger partial charge in [-0.15, -0.1) is 0 Å². The van der Waals surface area contributed by atoms with Crippen LogP contribution in [0.5, 0.6) is 5.75 Å². The van der Waals surface area contributed by atoms with E-state index in [1.807, 2.05) is 32.0 Å². The van der Waals surface area contributed by atoms with Crippen molar-refractivity contribution in [3.63, 3.8) is 0 Å². The molecule has 0 bridgehead atoms. The van der Waals surface area contributed by atoms with Gasteiger partial charge in [0.05, 0.1) is 25.8 Å². The molecule has 0 fully saturated rings. The third-order valence-electron chi connectivity index (χ3n) is 3.04. The summed E-state index contributed by atoms with van der Waals surface area (Å²) >= 11 is 0. The van der Waals surface area contributed by atoms with Gasteiger partial charge < -0.3 is 19.2 Å². The lowest BCUT2D eigenvalue weighted by molar-refractivity contribution is 0.0600. The van der Waals surface area contributed by atoms with Gasteiger partial charge >= 0.3 is 5.97 Å². The van der Waals surface area contributed by atoms with E-state index in [-0.39, 0.29) is 0 Å². The predicted molar refractivity (Wildman–Crippen MR) is 79.7 cm³/mol. The van der Waals surface area contributed by atoms with Crippen molar-refractivity contribution in [3.8, 4) is 5.75 Å².